The van der Waals surface area contributed by atoms with Crippen molar-refractivity contribution >= 4 is 19.7 Å². The molecule has 0 aliphatic rings. The van der Waals surface area contributed by atoms with Crippen LogP contribution in [0.15, 0.2) is 11.1 Å². The van der Waals surface area contributed by atoms with E-state index in [1.54, 1.807) is 0 Å². The van der Waals surface area contributed by atoms with Crippen molar-refractivity contribution in [3.8, 4) is 17.7 Å². The first-order valence-corrected chi connectivity index (χ1v) is 6.19. The largest absolute Gasteiger partial charge is 0.574 e. The highest BCUT2D eigenvalue weighted by molar-refractivity contribution is 8.13. The smallest absolute Gasteiger partial charge is 0.502 e. The van der Waals surface area contributed by atoms with E-state index in [1.165, 1.54) is 6.07 Å². The molecule has 1 heterocycles. The Labute approximate surface area is 103 Å². The van der Waals surface area contributed by atoms with Crippen molar-refractivity contribution in [2.45, 2.75) is 11.3 Å². The fourth-order valence-corrected chi connectivity index (χ4v) is 1.86. The van der Waals surface area contributed by atoms with E-state index in [0.29, 0.717) is 6.20 Å². The van der Waals surface area contributed by atoms with E-state index in [2.05, 4.69) is 9.72 Å². The van der Waals surface area contributed by atoms with Crippen LogP contribution in [0.5, 0.6) is 11.6 Å². The maximum absolute atomic E-state index is 11.9. The van der Waals surface area contributed by atoms with Gasteiger partial charge in [0.05, 0.1) is 6.20 Å². The van der Waals surface area contributed by atoms with Crippen LogP contribution in [0.3, 0.4) is 0 Å². The second-order valence-corrected chi connectivity index (χ2v) is 5.28. The van der Waals surface area contributed by atoms with E-state index in [1.807, 2.05) is 0 Å². The Hall–Kier alpha value is -1.73. The van der Waals surface area contributed by atoms with Gasteiger partial charge in [-0.05, 0) is 0 Å². The Morgan fingerprint density at radius 3 is 2.44 bits per heavy atom. The van der Waals surface area contributed by atoms with Gasteiger partial charge >= 0.3 is 6.36 Å². The summed E-state index contributed by atoms with van der Waals surface area (Å²) in [4.78, 5) is 2.01. The molecule has 0 bridgehead atoms. The second-order valence-electron chi connectivity index (χ2n) is 2.75. The molecule has 11 heteroatoms. The molecule has 18 heavy (non-hydrogen) atoms. The van der Waals surface area contributed by atoms with Crippen molar-refractivity contribution in [2.24, 2.45) is 0 Å². The zero-order valence-corrected chi connectivity index (χ0v) is 9.64. The zero-order chi connectivity index (χ0) is 14.1. The third kappa shape index (κ3) is 3.14. The second kappa shape index (κ2) is 4.51. The lowest BCUT2D eigenvalue weighted by Gasteiger charge is -2.10. The number of hydrogen-bond acceptors (Lipinski definition) is 6. The molecule has 0 saturated carbocycles. The van der Waals surface area contributed by atoms with Crippen LogP contribution in [0.4, 0.5) is 13.2 Å². The maximum atomic E-state index is 11.9. The number of nitriles is 1. The number of pyridine rings is 1. The average molecular weight is 303 g/mol. The molecule has 0 amide bonds. The number of alkyl halides is 3. The normalized spacial score (nSPS) is 11.9. The first kappa shape index (κ1) is 14.3. The van der Waals surface area contributed by atoms with Gasteiger partial charge in [0.15, 0.2) is 5.75 Å². The van der Waals surface area contributed by atoms with Gasteiger partial charge < -0.3 is 9.84 Å². The van der Waals surface area contributed by atoms with E-state index in [9.17, 15) is 26.7 Å². The zero-order valence-electron chi connectivity index (χ0n) is 8.06. The highest BCUT2D eigenvalue weighted by Crippen LogP contribution is 2.35. The first-order chi connectivity index (χ1) is 8.06. The molecule has 6 nitrogen and oxygen atoms in total. The van der Waals surface area contributed by atoms with Crippen LogP contribution in [-0.4, -0.2) is 24.9 Å². The Balaban J connectivity index is 3.45. The highest BCUT2D eigenvalue weighted by Gasteiger charge is 2.34. The molecule has 1 aromatic rings. The summed E-state index contributed by atoms with van der Waals surface area (Å²) < 4.78 is 60.9. The topological polar surface area (TPSA) is 100 Å². The minimum atomic E-state index is -5.15. The van der Waals surface area contributed by atoms with E-state index < -0.39 is 37.5 Å². The van der Waals surface area contributed by atoms with E-state index in [4.69, 9.17) is 15.9 Å². The number of nitrogens with zero attached hydrogens (tertiary/aromatic N) is 2. The minimum absolute atomic E-state index is 0.377. The predicted molar refractivity (Wildman–Crippen MR) is 50.3 cm³/mol. The summed E-state index contributed by atoms with van der Waals surface area (Å²) in [6.45, 7) is 0. The standard InChI is InChI=1S/C7H2ClF3N2O4S/c8-18(15,16)4-2-13-6(17-7(9,10)11)5(14)3(4)1-12/h2,14H. The molecule has 1 rings (SSSR count). The van der Waals surface area contributed by atoms with E-state index in [-0.39, 0.29) is 0 Å². The van der Waals surface area contributed by atoms with Gasteiger partial charge in [0.25, 0.3) is 14.9 Å². The Kier molecular flexibility index (Phi) is 3.59. The van der Waals surface area contributed by atoms with E-state index in [0.717, 1.165) is 0 Å². The van der Waals surface area contributed by atoms with Crippen LogP contribution in [-0.2, 0) is 9.05 Å². The van der Waals surface area contributed by atoms with Crippen LogP contribution in [0.1, 0.15) is 5.56 Å². The number of rotatable bonds is 2. The van der Waals surface area contributed by atoms with Gasteiger partial charge in [-0.3, -0.25) is 0 Å². The van der Waals surface area contributed by atoms with Crippen LogP contribution < -0.4 is 4.74 Å². The lowest BCUT2D eigenvalue weighted by atomic mass is 10.2. The Morgan fingerprint density at radius 2 is 2.06 bits per heavy atom. The van der Waals surface area contributed by atoms with Crippen LogP contribution in [0.25, 0.3) is 0 Å². The summed E-state index contributed by atoms with van der Waals surface area (Å²) in [7, 11) is 0.469. The lowest BCUT2D eigenvalue weighted by Crippen LogP contribution is -2.18. The number of aromatic hydroxyl groups is 1. The molecule has 0 spiro atoms. The minimum Gasteiger partial charge on any atom is -0.502 e. The van der Waals surface area contributed by atoms with Crippen molar-refractivity contribution in [3.05, 3.63) is 11.8 Å². The van der Waals surface area contributed by atoms with Crippen LogP contribution in [0, 0.1) is 11.3 Å². The van der Waals surface area contributed by atoms with Gasteiger partial charge in [-0.2, -0.15) is 5.26 Å². The molecular formula is C7H2ClF3N2O4S. The lowest BCUT2D eigenvalue weighted by molar-refractivity contribution is -0.276. The van der Waals surface area contributed by atoms with Gasteiger partial charge in [-0.1, -0.05) is 0 Å². The molecule has 0 aromatic carbocycles. The van der Waals surface area contributed by atoms with Crippen LogP contribution >= 0.6 is 10.7 Å². The molecule has 0 aliphatic heterocycles. The molecule has 0 fully saturated rings. The van der Waals surface area contributed by atoms with Gasteiger partial charge in [0.2, 0.25) is 0 Å². The van der Waals surface area contributed by atoms with Crippen molar-refractivity contribution in [3.63, 3.8) is 0 Å². The number of hydrogen-bond donors (Lipinski definition) is 1. The van der Waals surface area contributed by atoms with Crippen molar-refractivity contribution in [2.75, 3.05) is 0 Å². The fraction of sp³-hybridized carbons (Fsp3) is 0.143. The Morgan fingerprint density at radius 1 is 1.50 bits per heavy atom. The van der Waals surface area contributed by atoms with Crippen molar-refractivity contribution < 1.29 is 31.4 Å². The quantitative estimate of drug-likeness (QED) is 0.831. The molecule has 0 atom stereocenters. The predicted octanol–water partition coefficient (Wildman–Crippen LogP) is 1.48. The van der Waals surface area contributed by atoms with Gasteiger partial charge in [0.1, 0.15) is 16.5 Å². The maximum Gasteiger partial charge on any atom is 0.574 e. The van der Waals surface area contributed by atoms with Crippen molar-refractivity contribution in [1.29, 1.82) is 5.26 Å². The summed E-state index contributed by atoms with van der Waals surface area (Å²) in [5.74, 6) is -2.71. The molecule has 0 radical (unpaired) electrons. The first-order valence-electron chi connectivity index (χ1n) is 3.88. The molecule has 0 aliphatic carbocycles. The summed E-state index contributed by atoms with van der Waals surface area (Å²) in [6.07, 6.45) is -4.78. The molecule has 1 aromatic heterocycles. The summed E-state index contributed by atoms with van der Waals surface area (Å²) in [5, 5.41) is 17.9. The molecule has 0 saturated heterocycles. The SMILES string of the molecule is N#Cc1c(S(=O)(=O)Cl)cnc(OC(F)(F)F)c1O. The third-order valence-corrected chi connectivity index (χ3v) is 2.91. The molecular weight excluding hydrogens is 301 g/mol. The summed E-state index contributed by atoms with van der Waals surface area (Å²) in [5.41, 5.74) is -0.987. The van der Waals surface area contributed by atoms with Gasteiger partial charge in [0, 0.05) is 10.7 Å². The molecule has 0 unspecified atom stereocenters. The van der Waals surface area contributed by atoms with E-state index >= 15 is 0 Å². The number of halogens is 4. The summed E-state index contributed by atoms with van der Waals surface area (Å²) in [6, 6.07) is 1.20. The summed E-state index contributed by atoms with van der Waals surface area (Å²) >= 11 is 0. The Bertz CT molecular complexity index is 623. The van der Waals surface area contributed by atoms with Crippen molar-refractivity contribution in [1.82, 2.24) is 4.98 Å². The average Bonchev–Trinajstić information content (AvgIpc) is 2.17. The van der Waals surface area contributed by atoms with Gasteiger partial charge in [-0.25, -0.2) is 13.4 Å². The van der Waals surface area contributed by atoms with Gasteiger partial charge in [-0.15, -0.1) is 13.2 Å². The number of ether oxygens (including phenoxy) is 1. The molecule has 98 valence electrons. The number of aromatic nitrogens is 1. The molecule has 1 N–H and O–H groups in total. The fourth-order valence-electron chi connectivity index (χ4n) is 0.944. The highest BCUT2D eigenvalue weighted by atomic mass is 35.7. The van der Waals surface area contributed by atoms with Crippen LogP contribution in [0.2, 0.25) is 0 Å². The third-order valence-electron chi connectivity index (χ3n) is 1.57. The monoisotopic (exact) mass is 302 g/mol.